The average Bonchev–Trinajstić information content (AvgIpc) is 2.95. The Morgan fingerprint density at radius 1 is 1.11 bits per heavy atom. The predicted molar refractivity (Wildman–Crippen MR) is 83.5 cm³/mol. The quantitative estimate of drug-likeness (QED) is 0.601. The van der Waals surface area contributed by atoms with Crippen LogP contribution in [0.1, 0.15) is 72.1 Å². The molecule has 19 heavy (non-hydrogen) atoms. The fraction of sp³-hybridized carbons (Fsp3) is 1.00. The molecule has 1 fully saturated rings. The first kappa shape index (κ1) is 17.0. The Labute approximate surface area is 120 Å². The van der Waals surface area contributed by atoms with Crippen molar-refractivity contribution in [2.75, 3.05) is 19.8 Å². The van der Waals surface area contributed by atoms with E-state index in [0.29, 0.717) is 6.04 Å². The molecule has 0 aromatic carbocycles. The highest BCUT2D eigenvalue weighted by Gasteiger charge is 2.24. The number of nitrogens with one attached hydrogen (secondary N) is 1. The molecule has 1 rings (SSSR count). The highest BCUT2D eigenvalue weighted by atomic mass is 16.5. The van der Waals surface area contributed by atoms with Gasteiger partial charge in [-0.15, -0.1) is 0 Å². The van der Waals surface area contributed by atoms with Crippen molar-refractivity contribution in [2.45, 2.75) is 78.2 Å². The first-order valence-corrected chi connectivity index (χ1v) is 8.62. The second-order valence-electron chi connectivity index (χ2n) is 6.16. The van der Waals surface area contributed by atoms with Crippen LogP contribution in [0.4, 0.5) is 0 Å². The second kappa shape index (κ2) is 10.7. The lowest BCUT2D eigenvalue weighted by atomic mass is 9.98. The molecule has 1 aliphatic carbocycles. The molecule has 0 heterocycles. The zero-order valence-electron chi connectivity index (χ0n) is 13.4. The molecule has 1 N–H and O–H groups in total. The van der Waals surface area contributed by atoms with Gasteiger partial charge in [-0.25, -0.2) is 0 Å². The van der Waals surface area contributed by atoms with Gasteiger partial charge in [0.05, 0.1) is 6.61 Å². The van der Waals surface area contributed by atoms with Gasteiger partial charge >= 0.3 is 0 Å². The number of hydrogen-bond acceptors (Lipinski definition) is 2. The van der Waals surface area contributed by atoms with Crippen LogP contribution < -0.4 is 5.32 Å². The molecule has 1 saturated carbocycles. The van der Waals surface area contributed by atoms with E-state index in [-0.39, 0.29) is 0 Å². The Hall–Kier alpha value is -0.0800. The van der Waals surface area contributed by atoms with Crippen LogP contribution in [-0.2, 0) is 4.74 Å². The molecule has 1 aliphatic rings. The molecular formula is C17H35NO. The molecule has 0 aliphatic heterocycles. The van der Waals surface area contributed by atoms with Crippen molar-refractivity contribution in [3.8, 4) is 0 Å². The molecule has 2 unspecified atom stereocenters. The number of unbranched alkanes of at least 4 members (excludes halogenated alkanes) is 1. The maximum atomic E-state index is 6.05. The Balaban J connectivity index is 2.22. The van der Waals surface area contributed by atoms with E-state index < -0.39 is 0 Å². The molecule has 0 bridgehead atoms. The lowest BCUT2D eigenvalue weighted by molar-refractivity contribution is 0.0642. The third-order valence-electron chi connectivity index (χ3n) is 4.63. The standard InChI is InChI=1S/C17H35NO/c1-4-7-10-15(5-2)13-19-14-17(18-6-3)16-11-8-9-12-16/h15-18H,4-14H2,1-3H3. The Bertz CT molecular complexity index is 201. The summed E-state index contributed by atoms with van der Waals surface area (Å²) < 4.78 is 6.05. The summed E-state index contributed by atoms with van der Waals surface area (Å²) in [5, 5.41) is 3.63. The molecular weight excluding hydrogens is 234 g/mol. The van der Waals surface area contributed by atoms with Gasteiger partial charge in [-0.1, -0.05) is 52.9 Å². The van der Waals surface area contributed by atoms with E-state index in [0.717, 1.165) is 31.6 Å². The smallest absolute Gasteiger partial charge is 0.0622 e. The van der Waals surface area contributed by atoms with Gasteiger partial charge in [0.25, 0.3) is 0 Å². The van der Waals surface area contributed by atoms with Gasteiger partial charge in [0.15, 0.2) is 0 Å². The van der Waals surface area contributed by atoms with Gasteiger partial charge in [-0.2, -0.15) is 0 Å². The number of hydrogen-bond donors (Lipinski definition) is 1. The van der Waals surface area contributed by atoms with E-state index in [1.807, 2.05) is 0 Å². The van der Waals surface area contributed by atoms with E-state index in [9.17, 15) is 0 Å². The van der Waals surface area contributed by atoms with Gasteiger partial charge in [-0.05, 0) is 37.6 Å². The van der Waals surface area contributed by atoms with Crippen LogP contribution in [-0.4, -0.2) is 25.8 Å². The van der Waals surface area contributed by atoms with Crippen molar-refractivity contribution in [2.24, 2.45) is 11.8 Å². The minimum atomic E-state index is 0.594. The van der Waals surface area contributed by atoms with Gasteiger partial charge in [0.1, 0.15) is 0 Å². The first-order chi connectivity index (χ1) is 9.31. The van der Waals surface area contributed by atoms with Crippen molar-refractivity contribution < 1.29 is 4.74 Å². The second-order valence-corrected chi connectivity index (χ2v) is 6.16. The topological polar surface area (TPSA) is 21.3 Å². The molecule has 0 saturated heterocycles. The van der Waals surface area contributed by atoms with Crippen LogP contribution in [0, 0.1) is 11.8 Å². The summed E-state index contributed by atoms with van der Waals surface area (Å²) in [6.45, 7) is 9.72. The van der Waals surface area contributed by atoms with Crippen molar-refractivity contribution in [3.05, 3.63) is 0 Å². The molecule has 0 aromatic heterocycles. The van der Waals surface area contributed by atoms with Gasteiger partial charge in [0, 0.05) is 12.6 Å². The number of likely N-dealkylation sites (N-methyl/N-ethyl adjacent to an activating group) is 1. The SMILES string of the molecule is CCCCC(CC)COCC(NCC)C1CCCC1. The van der Waals surface area contributed by atoms with Crippen LogP contribution in [0.2, 0.25) is 0 Å². The highest BCUT2D eigenvalue weighted by Crippen LogP contribution is 2.28. The molecule has 0 aromatic rings. The molecule has 2 nitrogen and oxygen atoms in total. The zero-order valence-corrected chi connectivity index (χ0v) is 13.4. The third-order valence-corrected chi connectivity index (χ3v) is 4.63. The fourth-order valence-electron chi connectivity index (χ4n) is 3.24. The van der Waals surface area contributed by atoms with E-state index in [1.54, 1.807) is 0 Å². The van der Waals surface area contributed by atoms with E-state index in [1.165, 1.54) is 51.4 Å². The maximum Gasteiger partial charge on any atom is 0.0622 e. The van der Waals surface area contributed by atoms with Crippen molar-refractivity contribution >= 4 is 0 Å². The largest absolute Gasteiger partial charge is 0.380 e. The molecule has 0 amide bonds. The maximum absolute atomic E-state index is 6.05. The molecule has 114 valence electrons. The van der Waals surface area contributed by atoms with Gasteiger partial charge in [-0.3, -0.25) is 0 Å². The molecule has 2 heteroatoms. The van der Waals surface area contributed by atoms with Gasteiger partial charge in [0.2, 0.25) is 0 Å². The van der Waals surface area contributed by atoms with Crippen LogP contribution in [0.25, 0.3) is 0 Å². The van der Waals surface area contributed by atoms with Crippen LogP contribution >= 0.6 is 0 Å². The lowest BCUT2D eigenvalue weighted by Gasteiger charge is -2.25. The number of rotatable bonds is 11. The summed E-state index contributed by atoms with van der Waals surface area (Å²) in [7, 11) is 0. The summed E-state index contributed by atoms with van der Waals surface area (Å²) in [5.41, 5.74) is 0. The highest BCUT2D eigenvalue weighted by molar-refractivity contribution is 4.80. The van der Waals surface area contributed by atoms with E-state index in [2.05, 4.69) is 26.1 Å². The Morgan fingerprint density at radius 2 is 1.84 bits per heavy atom. The van der Waals surface area contributed by atoms with Crippen molar-refractivity contribution in [3.63, 3.8) is 0 Å². The molecule has 0 radical (unpaired) electrons. The Kier molecular flexibility index (Phi) is 9.54. The van der Waals surface area contributed by atoms with Crippen LogP contribution in [0.15, 0.2) is 0 Å². The van der Waals surface area contributed by atoms with E-state index >= 15 is 0 Å². The van der Waals surface area contributed by atoms with Crippen LogP contribution in [0.3, 0.4) is 0 Å². The van der Waals surface area contributed by atoms with Crippen molar-refractivity contribution in [1.82, 2.24) is 5.32 Å². The first-order valence-electron chi connectivity index (χ1n) is 8.62. The summed E-state index contributed by atoms with van der Waals surface area (Å²) in [5.74, 6) is 1.63. The number of ether oxygens (including phenoxy) is 1. The summed E-state index contributed by atoms with van der Waals surface area (Å²) in [4.78, 5) is 0. The fourth-order valence-corrected chi connectivity index (χ4v) is 3.24. The van der Waals surface area contributed by atoms with Gasteiger partial charge < -0.3 is 10.1 Å². The predicted octanol–water partition coefficient (Wildman–Crippen LogP) is 4.39. The van der Waals surface area contributed by atoms with Crippen LogP contribution in [0.5, 0.6) is 0 Å². The lowest BCUT2D eigenvalue weighted by Crippen LogP contribution is -2.39. The summed E-state index contributed by atoms with van der Waals surface area (Å²) in [6.07, 6.45) is 10.9. The summed E-state index contributed by atoms with van der Waals surface area (Å²) in [6, 6.07) is 0.594. The minimum Gasteiger partial charge on any atom is -0.380 e. The normalized spacial score (nSPS) is 19.7. The van der Waals surface area contributed by atoms with Crippen molar-refractivity contribution in [1.29, 1.82) is 0 Å². The zero-order chi connectivity index (χ0) is 13.9. The molecule has 2 atom stereocenters. The Morgan fingerprint density at radius 3 is 2.42 bits per heavy atom. The summed E-state index contributed by atoms with van der Waals surface area (Å²) >= 11 is 0. The minimum absolute atomic E-state index is 0.594. The van der Waals surface area contributed by atoms with E-state index in [4.69, 9.17) is 4.74 Å². The molecule has 0 spiro atoms. The third kappa shape index (κ3) is 6.76. The average molecular weight is 269 g/mol. The monoisotopic (exact) mass is 269 g/mol.